The molecule has 0 saturated carbocycles. The van der Waals surface area contributed by atoms with Crippen LogP contribution in [-0.2, 0) is 0 Å². The molecule has 0 aliphatic heterocycles. The fraction of sp³-hybridized carbons (Fsp3) is 0.111. The Morgan fingerprint density at radius 2 is 2.28 bits per heavy atom. The Morgan fingerprint density at radius 3 is 2.83 bits per heavy atom. The third-order valence-corrected chi connectivity index (χ3v) is 3.68. The molecule has 0 spiro atoms. The van der Waals surface area contributed by atoms with Crippen LogP contribution in [0.3, 0.4) is 0 Å². The molecule has 9 heteroatoms. The van der Waals surface area contributed by atoms with Crippen LogP contribution in [0.25, 0.3) is 0 Å². The first-order valence-electron chi connectivity index (χ1n) is 4.63. The summed E-state index contributed by atoms with van der Waals surface area (Å²) in [6.45, 7) is 1.83. The summed E-state index contributed by atoms with van der Waals surface area (Å²) in [5, 5.41) is 28.5. The number of hydrogen-bond donors (Lipinski definition) is 0. The Morgan fingerprint density at radius 1 is 1.50 bits per heavy atom. The number of nitrogens with zero attached hydrogens (tertiary/aromatic N) is 5. The van der Waals surface area contributed by atoms with Crippen LogP contribution < -0.4 is 0 Å². The molecule has 0 atom stereocenters. The molecule has 2 rings (SSSR count). The van der Waals surface area contributed by atoms with Gasteiger partial charge in [-0.15, -0.1) is 10.2 Å². The zero-order chi connectivity index (χ0) is 13.1. The summed E-state index contributed by atoms with van der Waals surface area (Å²) >= 11 is 2.61. The zero-order valence-electron chi connectivity index (χ0n) is 9.02. The highest BCUT2D eigenvalue weighted by atomic mass is 32.2. The van der Waals surface area contributed by atoms with Gasteiger partial charge in [0, 0.05) is 6.07 Å². The molecular weight excluding hydrogens is 274 g/mol. The van der Waals surface area contributed by atoms with Crippen LogP contribution in [0.2, 0.25) is 0 Å². The maximum atomic E-state index is 10.6. The molecule has 0 N–H and O–H groups in total. The number of hydrogen-bond acceptors (Lipinski definition) is 8. The number of aryl methyl sites for hydroxylation is 1. The lowest BCUT2D eigenvalue weighted by atomic mass is 10.3. The van der Waals surface area contributed by atoms with E-state index in [0.29, 0.717) is 9.37 Å². The van der Waals surface area contributed by atoms with E-state index >= 15 is 0 Å². The van der Waals surface area contributed by atoms with E-state index in [2.05, 4.69) is 15.2 Å². The van der Waals surface area contributed by atoms with Crippen LogP contribution in [0.4, 0.5) is 5.69 Å². The lowest BCUT2D eigenvalue weighted by molar-refractivity contribution is -0.385. The molecule has 2 heterocycles. The molecule has 0 amide bonds. The Labute approximate surface area is 110 Å². The molecule has 0 saturated heterocycles. The lowest BCUT2D eigenvalue weighted by Gasteiger charge is -1.97. The second-order valence-electron chi connectivity index (χ2n) is 3.08. The molecule has 0 aliphatic carbocycles. The second-order valence-corrected chi connectivity index (χ2v) is 5.52. The minimum Gasteiger partial charge on any atom is -0.258 e. The molecular formula is C9H5N5O2S2. The Kier molecular flexibility index (Phi) is 3.50. The van der Waals surface area contributed by atoms with Gasteiger partial charge in [0.25, 0.3) is 0 Å². The first-order chi connectivity index (χ1) is 8.60. The van der Waals surface area contributed by atoms with Gasteiger partial charge in [-0.05, 0) is 24.8 Å². The van der Waals surface area contributed by atoms with E-state index in [1.807, 2.05) is 6.92 Å². The van der Waals surface area contributed by atoms with E-state index in [1.54, 1.807) is 6.07 Å². The van der Waals surface area contributed by atoms with Crippen molar-refractivity contribution in [2.45, 2.75) is 16.3 Å². The van der Waals surface area contributed by atoms with Crippen molar-refractivity contribution in [2.75, 3.05) is 0 Å². The summed E-state index contributed by atoms with van der Waals surface area (Å²) in [6, 6.07) is 4.46. The fourth-order valence-electron chi connectivity index (χ4n) is 1.13. The third kappa shape index (κ3) is 2.61. The lowest BCUT2D eigenvalue weighted by Crippen LogP contribution is -1.95. The van der Waals surface area contributed by atoms with Crippen LogP contribution in [0, 0.1) is 28.4 Å². The minimum atomic E-state index is -0.630. The average molecular weight is 279 g/mol. The quantitative estimate of drug-likeness (QED) is 0.626. The summed E-state index contributed by atoms with van der Waals surface area (Å²) < 4.78 is 0.678. The van der Waals surface area contributed by atoms with E-state index < -0.39 is 4.92 Å². The molecule has 90 valence electrons. The van der Waals surface area contributed by atoms with Crippen molar-refractivity contribution < 1.29 is 4.92 Å². The molecule has 0 radical (unpaired) electrons. The predicted octanol–water partition coefficient (Wildman–Crippen LogP) is 2.17. The monoisotopic (exact) mass is 279 g/mol. The van der Waals surface area contributed by atoms with Crippen LogP contribution in [0.15, 0.2) is 21.5 Å². The van der Waals surface area contributed by atoms with E-state index in [4.69, 9.17) is 5.26 Å². The van der Waals surface area contributed by atoms with Gasteiger partial charge in [0.1, 0.15) is 16.1 Å². The van der Waals surface area contributed by atoms with E-state index in [9.17, 15) is 10.1 Å². The predicted molar refractivity (Wildman–Crippen MR) is 64.4 cm³/mol. The highest BCUT2D eigenvalue weighted by Crippen LogP contribution is 2.30. The highest BCUT2D eigenvalue weighted by Gasteiger charge is 2.16. The summed E-state index contributed by atoms with van der Waals surface area (Å²) in [4.78, 5) is 13.9. The summed E-state index contributed by atoms with van der Waals surface area (Å²) in [5.41, 5.74) is -0.499. The van der Waals surface area contributed by atoms with Crippen molar-refractivity contribution in [1.82, 2.24) is 15.2 Å². The van der Waals surface area contributed by atoms with Crippen LogP contribution in [0.5, 0.6) is 0 Å². The molecule has 2 aromatic heterocycles. The Balaban J connectivity index is 2.31. The minimum absolute atomic E-state index is 0.203. The summed E-state index contributed by atoms with van der Waals surface area (Å²) in [6.07, 6.45) is 0. The van der Waals surface area contributed by atoms with Crippen molar-refractivity contribution in [2.24, 2.45) is 0 Å². The SMILES string of the molecule is Cc1nnc(Sc2ccc([N+](=O)[O-])c(C#N)n2)s1. The number of aromatic nitrogens is 3. The second kappa shape index (κ2) is 5.07. The third-order valence-electron chi connectivity index (χ3n) is 1.85. The van der Waals surface area contributed by atoms with Crippen molar-refractivity contribution in [3.8, 4) is 6.07 Å². The largest absolute Gasteiger partial charge is 0.305 e. The highest BCUT2D eigenvalue weighted by molar-refractivity contribution is 8.01. The zero-order valence-corrected chi connectivity index (χ0v) is 10.7. The number of rotatable bonds is 3. The fourth-order valence-corrected chi connectivity index (χ4v) is 2.86. The van der Waals surface area contributed by atoms with Gasteiger partial charge in [0.15, 0.2) is 4.34 Å². The maximum absolute atomic E-state index is 10.6. The Bertz CT molecular complexity index is 649. The molecule has 0 unspecified atom stereocenters. The van der Waals surface area contributed by atoms with Crippen LogP contribution >= 0.6 is 23.1 Å². The molecule has 7 nitrogen and oxygen atoms in total. The smallest absolute Gasteiger partial charge is 0.258 e. The normalized spacial score (nSPS) is 10.0. The molecule has 0 aliphatic rings. The topological polar surface area (TPSA) is 106 Å². The molecule has 18 heavy (non-hydrogen) atoms. The molecule has 0 bridgehead atoms. The van der Waals surface area contributed by atoms with E-state index in [-0.39, 0.29) is 11.4 Å². The van der Waals surface area contributed by atoms with E-state index in [1.165, 1.54) is 35.2 Å². The van der Waals surface area contributed by atoms with Crippen molar-refractivity contribution in [1.29, 1.82) is 5.26 Å². The maximum Gasteiger partial charge on any atom is 0.305 e. The number of pyridine rings is 1. The van der Waals surface area contributed by atoms with Crippen molar-refractivity contribution >= 4 is 28.8 Å². The molecule has 0 fully saturated rings. The van der Waals surface area contributed by atoms with Gasteiger partial charge in [-0.3, -0.25) is 10.1 Å². The molecule has 2 aromatic rings. The number of nitro groups is 1. The van der Waals surface area contributed by atoms with Gasteiger partial charge >= 0.3 is 5.69 Å². The molecule has 0 aromatic carbocycles. The van der Waals surface area contributed by atoms with Gasteiger partial charge in [-0.1, -0.05) is 11.3 Å². The number of nitriles is 1. The summed E-state index contributed by atoms with van der Waals surface area (Å²) in [5.74, 6) is 0. The van der Waals surface area contributed by atoms with Gasteiger partial charge in [-0.25, -0.2) is 4.98 Å². The van der Waals surface area contributed by atoms with Crippen LogP contribution in [-0.4, -0.2) is 20.1 Å². The van der Waals surface area contributed by atoms with Gasteiger partial charge in [0.2, 0.25) is 5.69 Å². The van der Waals surface area contributed by atoms with E-state index in [0.717, 1.165) is 5.01 Å². The first-order valence-corrected chi connectivity index (χ1v) is 6.27. The van der Waals surface area contributed by atoms with Crippen molar-refractivity contribution in [3.05, 3.63) is 32.9 Å². The average Bonchev–Trinajstić information content (AvgIpc) is 2.74. The standard InChI is InChI=1S/C9H5N5O2S2/c1-5-12-13-9(17-5)18-8-3-2-7(14(15)16)6(4-10)11-8/h2-3H,1H3. The van der Waals surface area contributed by atoms with Crippen molar-refractivity contribution in [3.63, 3.8) is 0 Å². The van der Waals surface area contributed by atoms with Gasteiger partial charge < -0.3 is 0 Å². The first kappa shape index (κ1) is 12.4. The van der Waals surface area contributed by atoms with Gasteiger partial charge in [-0.2, -0.15) is 5.26 Å². The van der Waals surface area contributed by atoms with Gasteiger partial charge in [0.05, 0.1) is 4.92 Å². The van der Waals surface area contributed by atoms with Crippen LogP contribution in [0.1, 0.15) is 10.7 Å². The summed E-state index contributed by atoms with van der Waals surface area (Å²) in [7, 11) is 0. The Hall–Kier alpha value is -2.05.